The number of piperidine rings is 1. The summed E-state index contributed by atoms with van der Waals surface area (Å²) in [6, 6.07) is -0.233. The zero-order chi connectivity index (χ0) is 17.0. The minimum Gasteiger partial charge on any atom is -0.465 e. The Hall–Kier alpha value is -2.09. The van der Waals surface area contributed by atoms with Gasteiger partial charge in [0.1, 0.15) is 0 Å². The minimum atomic E-state index is -0.969. The van der Waals surface area contributed by atoms with Crippen LogP contribution in [0.2, 0.25) is 0 Å². The molecule has 2 atom stereocenters. The van der Waals surface area contributed by atoms with Gasteiger partial charge >= 0.3 is 6.09 Å². The number of H-pyrrole nitrogens is 1. The molecule has 0 saturated carbocycles. The summed E-state index contributed by atoms with van der Waals surface area (Å²) in [4.78, 5) is 32.1. The van der Waals surface area contributed by atoms with Gasteiger partial charge in [0.05, 0.1) is 24.4 Å². The summed E-state index contributed by atoms with van der Waals surface area (Å²) in [6.07, 6.45) is 0.739. The van der Waals surface area contributed by atoms with Crippen LogP contribution in [-0.4, -0.2) is 64.3 Å². The zero-order valence-corrected chi connectivity index (χ0v) is 13.8. The number of nitrogens with zero attached hydrogens (tertiary/aromatic N) is 2. The highest BCUT2D eigenvalue weighted by atomic mass is 16.5. The van der Waals surface area contributed by atoms with Gasteiger partial charge in [-0.1, -0.05) is 13.8 Å². The van der Waals surface area contributed by atoms with Crippen LogP contribution in [0.25, 0.3) is 0 Å². The molecule has 3 N–H and O–H groups in total. The third kappa shape index (κ3) is 3.82. The van der Waals surface area contributed by atoms with Crippen molar-refractivity contribution in [3.05, 3.63) is 17.2 Å². The maximum absolute atomic E-state index is 12.4. The number of hydrogen-bond donors (Lipinski definition) is 3. The van der Waals surface area contributed by atoms with E-state index in [1.165, 1.54) is 12.0 Å². The molecule has 2 heterocycles. The van der Waals surface area contributed by atoms with Crippen LogP contribution >= 0.6 is 0 Å². The number of aromatic nitrogens is 2. The van der Waals surface area contributed by atoms with Crippen LogP contribution in [0.4, 0.5) is 4.79 Å². The quantitative estimate of drug-likeness (QED) is 0.750. The number of methoxy groups -OCH3 is 1. The first-order valence-corrected chi connectivity index (χ1v) is 7.89. The number of carboxylic acid groups (broad SMARTS) is 1. The first-order valence-electron chi connectivity index (χ1n) is 7.89. The third-order valence-electron chi connectivity index (χ3n) is 4.22. The van der Waals surface area contributed by atoms with Gasteiger partial charge in [-0.05, 0) is 19.3 Å². The molecule has 0 spiro atoms. The number of aromatic amines is 1. The summed E-state index contributed by atoms with van der Waals surface area (Å²) in [5.74, 6) is 0.0180. The maximum Gasteiger partial charge on any atom is 0.407 e. The average Bonchev–Trinajstić information content (AvgIpc) is 2.98. The first kappa shape index (κ1) is 17.3. The molecule has 0 radical (unpaired) electrons. The Morgan fingerprint density at radius 3 is 2.70 bits per heavy atom. The molecule has 8 heteroatoms. The Labute approximate surface area is 135 Å². The molecule has 128 valence electrons. The van der Waals surface area contributed by atoms with E-state index in [0.29, 0.717) is 18.8 Å². The fraction of sp³-hybridized carbons (Fsp3) is 0.667. The molecular weight excluding hydrogens is 300 g/mol. The summed E-state index contributed by atoms with van der Waals surface area (Å²) in [6.45, 7) is 4.63. The van der Waals surface area contributed by atoms with Gasteiger partial charge in [0.25, 0.3) is 5.91 Å². The van der Waals surface area contributed by atoms with Crippen molar-refractivity contribution in [1.82, 2.24) is 20.2 Å². The number of rotatable bonds is 5. The molecule has 23 heavy (non-hydrogen) atoms. The molecule has 8 nitrogen and oxygen atoms in total. The molecule has 2 rings (SSSR count). The van der Waals surface area contributed by atoms with E-state index in [1.807, 2.05) is 13.8 Å². The zero-order valence-electron chi connectivity index (χ0n) is 13.8. The standard InChI is InChI=1S/C15H24N4O4/c1-4-9-10(5-2)17-13(16-9)14(20)18-11-6-7-19(15(21)22)8-12(11)23-3/h11-12H,4-8H2,1-3H3,(H,16,17)(H,18,20)(H,21,22)/t11-,12+/m0/s1. The number of likely N-dealkylation sites (tertiary alicyclic amines) is 1. The van der Waals surface area contributed by atoms with E-state index in [1.54, 1.807) is 0 Å². The van der Waals surface area contributed by atoms with Crippen molar-refractivity contribution in [2.75, 3.05) is 20.2 Å². The fourth-order valence-electron chi connectivity index (χ4n) is 2.87. The largest absolute Gasteiger partial charge is 0.465 e. The number of aryl methyl sites for hydroxylation is 2. The summed E-state index contributed by atoms with van der Waals surface area (Å²) in [5.41, 5.74) is 1.88. The highest BCUT2D eigenvalue weighted by Gasteiger charge is 2.33. The summed E-state index contributed by atoms with van der Waals surface area (Å²) in [5, 5.41) is 12.0. The van der Waals surface area contributed by atoms with Crippen molar-refractivity contribution < 1.29 is 19.4 Å². The molecule has 0 aromatic carbocycles. The van der Waals surface area contributed by atoms with E-state index in [2.05, 4.69) is 15.3 Å². The van der Waals surface area contributed by atoms with Crippen LogP contribution in [0.15, 0.2) is 0 Å². The predicted molar refractivity (Wildman–Crippen MR) is 83.6 cm³/mol. The summed E-state index contributed by atoms with van der Waals surface area (Å²) >= 11 is 0. The highest BCUT2D eigenvalue weighted by molar-refractivity contribution is 5.91. The first-order chi connectivity index (χ1) is 11.0. The van der Waals surface area contributed by atoms with Crippen molar-refractivity contribution in [3.8, 4) is 0 Å². The van der Waals surface area contributed by atoms with Gasteiger partial charge in [-0.25, -0.2) is 9.78 Å². The van der Waals surface area contributed by atoms with E-state index in [-0.39, 0.29) is 24.6 Å². The number of nitrogens with one attached hydrogen (secondary N) is 2. The van der Waals surface area contributed by atoms with Crippen molar-refractivity contribution in [2.45, 2.75) is 45.3 Å². The van der Waals surface area contributed by atoms with Crippen molar-refractivity contribution in [1.29, 1.82) is 0 Å². The number of hydrogen-bond acceptors (Lipinski definition) is 4. The lowest BCUT2D eigenvalue weighted by Gasteiger charge is -2.36. The van der Waals surface area contributed by atoms with Crippen LogP contribution in [0.5, 0.6) is 0 Å². The Bertz CT molecular complexity index is 550. The highest BCUT2D eigenvalue weighted by Crippen LogP contribution is 2.15. The van der Waals surface area contributed by atoms with Gasteiger partial charge in [0, 0.05) is 19.3 Å². The van der Waals surface area contributed by atoms with E-state index >= 15 is 0 Å². The topological polar surface area (TPSA) is 108 Å². The van der Waals surface area contributed by atoms with Gasteiger partial charge in [0.15, 0.2) is 5.82 Å². The Balaban J connectivity index is 2.04. The molecule has 1 saturated heterocycles. The van der Waals surface area contributed by atoms with Crippen molar-refractivity contribution >= 4 is 12.0 Å². The van der Waals surface area contributed by atoms with Crippen LogP contribution in [0.3, 0.4) is 0 Å². The summed E-state index contributed by atoms with van der Waals surface area (Å²) in [7, 11) is 1.52. The van der Waals surface area contributed by atoms with Crippen molar-refractivity contribution in [3.63, 3.8) is 0 Å². The lowest BCUT2D eigenvalue weighted by molar-refractivity contribution is 0.0100. The SMILES string of the molecule is CCc1nc(C(=O)N[C@H]2CCN(C(=O)O)C[C@H]2OC)[nH]c1CC. The van der Waals surface area contributed by atoms with Gasteiger partial charge in [-0.15, -0.1) is 0 Å². The Morgan fingerprint density at radius 1 is 1.43 bits per heavy atom. The van der Waals surface area contributed by atoms with Crippen LogP contribution in [0.1, 0.15) is 42.3 Å². The third-order valence-corrected chi connectivity index (χ3v) is 4.22. The number of imidazole rings is 1. The second-order valence-electron chi connectivity index (χ2n) is 5.59. The normalized spacial score (nSPS) is 21.3. The van der Waals surface area contributed by atoms with Crippen molar-refractivity contribution in [2.24, 2.45) is 0 Å². The number of carbonyl (C=O) groups excluding carboxylic acids is 1. The molecule has 0 bridgehead atoms. The molecule has 1 aromatic rings. The molecular formula is C15H24N4O4. The molecule has 1 aliphatic heterocycles. The Kier molecular flexibility index (Phi) is 5.59. The van der Waals surface area contributed by atoms with E-state index < -0.39 is 6.09 Å². The molecule has 0 aliphatic carbocycles. The van der Waals surface area contributed by atoms with E-state index in [9.17, 15) is 9.59 Å². The molecule has 0 unspecified atom stereocenters. The fourth-order valence-corrected chi connectivity index (χ4v) is 2.87. The van der Waals surface area contributed by atoms with Gasteiger partial charge < -0.3 is 25.0 Å². The minimum absolute atomic E-state index is 0.233. The molecule has 1 aliphatic rings. The summed E-state index contributed by atoms with van der Waals surface area (Å²) < 4.78 is 5.34. The van der Waals surface area contributed by atoms with Crippen LogP contribution in [-0.2, 0) is 17.6 Å². The lowest BCUT2D eigenvalue weighted by Crippen LogP contribution is -2.55. The van der Waals surface area contributed by atoms with Gasteiger partial charge in [0.2, 0.25) is 0 Å². The second-order valence-corrected chi connectivity index (χ2v) is 5.59. The average molecular weight is 324 g/mol. The van der Waals surface area contributed by atoms with Crippen LogP contribution in [0, 0.1) is 0 Å². The smallest absolute Gasteiger partial charge is 0.407 e. The Morgan fingerprint density at radius 2 is 2.17 bits per heavy atom. The van der Waals surface area contributed by atoms with E-state index in [4.69, 9.17) is 9.84 Å². The van der Waals surface area contributed by atoms with Gasteiger partial charge in [-0.3, -0.25) is 4.79 Å². The number of carbonyl (C=O) groups is 2. The number of amides is 2. The lowest BCUT2D eigenvalue weighted by atomic mass is 10.0. The maximum atomic E-state index is 12.4. The molecule has 1 aromatic heterocycles. The second kappa shape index (κ2) is 7.45. The van der Waals surface area contributed by atoms with Crippen LogP contribution < -0.4 is 5.32 Å². The molecule has 1 fully saturated rings. The predicted octanol–water partition coefficient (Wildman–Crippen LogP) is 1.03. The number of ether oxygens (including phenoxy) is 1. The van der Waals surface area contributed by atoms with Gasteiger partial charge in [-0.2, -0.15) is 0 Å². The molecule has 2 amide bonds. The van der Waals surface area contributed by atoms with E-state index in [0.717, 1.165) is 24.2 Å². The monoisotopic (exact) mass is 324 g/mol.